The Bertz CT molecular complexity index is 371. The molecule has 0 aliphatic carbocycles. The number of carbonyl (C=O) groups excluding carboxylic acids is 2. The second-order valence-electron chi connectivity index (χ2n) is 4.55. The molecule has 0 fully saturated rings. The van der Waals surface area contributed by atoms with Crippen LogP contribution in [0.15, 0.2) is 37.5 Å². The average molecular weight is 323 g/mol. The SMILES string of the molecule is C=C(C)C(=O)O.C=CC(=O)NC(C)(C)C.C=CC(=O)[O-].[K+]. The molecule has 0 rings (SSSR count). The van der Waals surface area contributed by atoms with Gasteiger partial charge in [0.15, 0.2) is 0 Å². The van der Waals surface area contributed by atoms with Crippen LogP contribution in [0.5, 0.6) is 0 Å². The number of carboxylic acid groups (broad SMARTS) is 2. The van der Waals surface area contributed by atoms with Gasteiger partial charge in [-0.3, -0.25) is 4.79 Å². The minimum absolute atomic E-state index is 0. The predicted molar refractivity (Wildman–Crippen MR) is 75.7 cm³/mol. The molecule has 7 heteroatoms. The van der Waals surface area contributed by atoms with Gasteiger partial charge in [0.2, 0.25) is 5.91 Å². The Morgan fingerprint density at radius 2 is 1.43 bits per heavy atom. The van der Waals surface area contributed by atoms with E-state index in [2.05, 4.69) is 25.1 Å². The molecule has 21 heavy (non-hydrogen) atoms. The van der Waals surface area contributed by atoms with Crippen molar-refractivity contribution in [3.63, 3.8) is 0 Å². The first kappa shape index (κ1) is 28.4. The molecule has 0 saturated heterocycles. The molecule has 0 aromatic carbocycles. The number of hydrogen-bond donors (Lipinski definition) is 2. The average Bonchev–Trinajstić information content (AvgIpc) is 2.28. The van der Waals surface area contributed by atoms with Gasteiger partial charge in [-0.25, -0.2) is 4.79 Å². The number of carboxylic acids is 2. The van der Waals surface area contributed by atoms with Crippen molar-refractivity contribution in [2.45, 2.75) is 33.2 Å². The molecule has 0 heterocycles. The molecule has 0 aliphatic rings. The van der Waals surface area contributed by atoms with E-state index < -0.39 is 11.9 Å². The Morgan fingerprint density at radius 1 is 1.14 bits per heavy atom. The number of amides is 1. The standard InChI is InChI=1S/C7H13NO.C4H6O2.C3H4O2.K/c1-5-6(9)8-7(2,3)4;1-3(2)4(5)6;1-2-3(4)5;/h5H,1H2,2-4H3,(H,8,9);1H2,2H3,(H,5,6);2H,1H2,(H,4,5);/q;;;+1/p-1. The summed E-state index contributed by atoms with van der Waals surface area (Å²) in [6.45, 7) is 16.6. The van der Waals surface area contributed by atoms with E-state index >= 15 is 0 Å². The van der Waals surface area contributed by atoms with Gasteiger partial charge in [-0.15, -0.1) is 0 Å². The van der Waals surface area contributed by atoms with E-state index in [4.69, 9.17) is 15.0 Å². The summed E-state index contributed by atoms with van der Waals surface area (Å²) in [7, 11) is 0. The third-order valence-corrected chi connectivity index (χ3v) is 1.22. The molecule has 0 saturated carbocycles. The minimum atomic E-state index is -1.23. The first-order valence-electron chi connectivity index (χ1n) is 5.54. The van der Waals surface area contributed by atoms with Crippen molar-refractivity contribution in [3.05, 3.63) is 37.5 Å². The van der Waals surface area contributed by atoms with Crippen LogP contribution >= 0.6 is 0 Å². The van der Waals surface area contributed by atoms with Crippen molar-refractivity contribution in [1.82, 2.24) is 5.32 Å². The van der Waals surface area contributed by atoms with E-state index in [1.165, 1.54) is 13.0 Å². The summed E-state index contributed by atoms with van der Waals surface area (Å²) in [5.74, 6) is -2.29. The van der Waals surface area contributed by atoms with Gasteiger partial charge in [0.1, 0.15) is 0 Å². The van der Waals surface area contributed by atoms with E-state index in [-0.39, 0.29) is 68.4 Å². The van der Waals surface area contributed by atoms with E-state index in [1.807, 2.05) is 20.8 Å². The Balaban J connectivity index is -0.000000106. The minimum Gasteiger partial charge on any atom is -0.545 e. The summed E-state index contributed by atoms with van der Waals surface area (Å²) >= 11 is 0. The van der Waals surface area contributed by atoms with Crippen molar-refractivity contribution in [2.24, 2.45) is 0 Å². The molecule has 0 aromatic rings. The van der Waals surface area contributed by atoms with E-state index in [0.717, 1.165) is 6.08 Å². The number of carbonyl (C=O) groups is 3. The van der Waals surface area contributed by atoms with Crippen LogP contribution < -0.4 is 61.8 Å². The van der Waals surface area contributed by atoms with Crippen LogP contribution in [0.1, 0.15) is 27.7 Å². The largest absolute Gasteiger partial charge is 1.00 e. The summed E-state index contributed by atoms with van der Waals surface area (Å²) < 4.78 is 0. The zero-order valence-corrected chi connectivity index (χ0v) is 16.5. The van der Waals surface area contributed by atoms with E-state index in [0.29, 0.717) is 0 Å². The van der Waals surface area contributed by atoms with Crippen molar-refractivity contribution in [3.8, 4) is 0 Å². The van der Waals surface area contributed by atoms with E-state index in [9.17, 15) is 9.59 Å². The number of nitrogens with one attached hydrogen (secondary N) is 1. The molecule has 6 nitrogen and oxygen atoms in total. The Morgan fingerprint density at radius 3 is 1.48 bits per heavy atom. The van der Waals surface area contributed by atoms with Gasteiger partial charge in [-0.1, -0.05) is 19.7 Å². The van der Waals surface area contributed by atoms with Crippen LogP contribution in [0.4, 0.5) is 0 Å². The molecule has 0 aliphatic heterocycles. The van der Waals surface area contributed by atoms with Gasteiger partial charge < -0.3 is 20.3 Å². The first-order valence-corrected chi connectivity index (χ1v) is 5.54. The van der Waals surface area contributed by atoms with Crippen LogP contribution in [0.2, 0.25) is 0 Å². The van der Waals surface area contributed by atoms with Crippen LogP contribution in [0.3, 0.4) is 0 Å². The maximum Gasteiger partial charge on any atom is 1.00 e. The second kappa shape index (κ2) is 15.7. The molecule has 0 unspecified atom stereocenters. The van der Waals surface area contributed by atoms with Gasteiger partial charge in [-0.05, 0) is 39.8 Å². The van der Waals surface area contributed by atoms with Gasteiger partial charge >= 0.3 is 57.4 Å². The third-order valence-electron chi connectivity index (χ3n) is 1.22. The van der Waals surface area contributed by atoms with Crippen molar-refractivity contribution < 1.29 is 76.0 Å². The quantitative estimate of drug-likeness (QED) is 0.447. The van der Waals surface area contributed by atoms with E-state index in [1.54, 1.807) is 0 Å². The number of aliphatic carboxylic acids is 2. The maximum atomic E-state index is 10.6. The van der Waals surface area contributed by atoms with Gasteiger partial charge in [0, 0.05) is 11.1 Å². The molecule has 0 atom stereocenters. The van der Waals surface area contributed by atoms with Crippen molar-refractivity contribution in [2.75, 3.05) is 0 Å². The van der Waals surface area contributed by atoms with Crippen LogP contribution in [0, 0.1) is 0 Å². The molecule has 1 amide bonds. The van der Waals surface area contributed by atoms with Gasteiger partial charge in [-0.2, -0.15) is 0 Å². The number of rotatable bonds is 3. The Kier molecular flexibility index (Phi) is 21.2. The molecule has 114 valence electrons. The monoisotopic (exact) mass is 323 g/mol. The zero-order valence-electron chi connectivity index (χ0n) is 13.4. The Labute approximate surface area is 168 Å². The van der Waals surface area contributed by atoms with Gasteiger partial charge in [0.25, 0.3) is 0 Å². The fraction of sp³-hybridized carbons (Fsp3) is 0.357. The van der Waals surface area contributed by atoms with Gasteiger partial charge in [0.05, 0.1) is 5.97 Å². The molecule has 0 spiro atoms. The topological polar surface area (TPSA) is 107 Å². The zero-order chi connectivity index (χ0) is 16.9. The van der Waals surface area contributed by atoms with Crippen molar-refractivity contribution in [1.29, 1.82) is 0 Å². The molecule has 0 radical (unpaired) electrons. The smallest absolute Gasteiger partial charge is 0.545 e. The van der Waals surface area contributed by atoms with Crippen LogP contribution in [-0.4, -0.2) is 28.5 Å². The van der Waals surface area contributed by atoms with Crippen LogP contribution in [-0.2, 0) is 14.4 Å². The second-order valence-corrected chi connectivity index (χ2v) is 4.55. The Hall–Kier alpha value is -0.734. The normalized spacial score (nSPS) is 8.19. The van der Waals surface area contributed by atoms with Crippen molar-refractivity contribution >= 4 is 17.8 Å². The summed E-state index contributed by atoms with van der Waals surface area (Å²) in [6.07, 6.45) is 1.99. The third kappa shape index (κ3) is 38.2. The fourth-order valence-electron chi connectivity index (χ4n) is 0.421. The molecule has 0 bridgehead atoms. The number of hydrogen-bond acceptors (Lipinski definition) is 4. The maximum absolute atomic E-state index is 10.6. The summed E-state index contributed by atoms with van der Waals surface area (Å²) in [6, 6.07) is 0. The molecule has 2 N–H and O–H groups in total. The van der Waals surface area contributed by atoms with Crippen LogP contribution in [0.25, 0.3) is 0 Å². The first-order chi connectivity index (χ1) is 8.87. The summed E-state index contributed by atoms with van der Waals surface area (Å²) in [4.78, 5) is 29.3. The molecule has 0 aromatic heterocycles. The summed E-state index contributed by atoms with van der Waals surface area (Å²) in [5, 5.41) is 19.7. The molecular formula is C14H22KNO5. The molecular weight excluding hydrogens is 301 g/mol. The summed E-state index contributed by atoms with van der Waals surface area (Å²) in [5.41, 5.74) is 0.0284. The fourth-order valence-corrected chi connectivity index (χ4v) is 0.421. The predicted octanol–water partition coefficient (Wildman–Crippen LogP) is -2.34.